The van der Waals surface area contributed by atoms with Crippen LogP contribution in [0, 0.1) is 6.92 Å². The van der Waals surface area contributed by atoms with Crippen LogP contribution in [0.25, 0.3) is 0 Å². The van der Waals surface area contributed by atoms with Crippen LogP contribution in [-0.4, -0.2) is 11.9 Å². The van der Waals surface area contributed by atoms with Gasteiger partial charge in [0.2, 0.25) is 5.91 Å². The van der Waals surface area contributed by atoms with E-state index in [0.29, 0.717) is 6.54 Å². The average Bonchev–Trinajstić information content (AvgIpc) is 2.89. The van der Waals surface area contributed by atoms with Crippen LogP contribution in [0.5, 0.6) is 0 Å². The van der Waals surface area contributed by atoms with Gasteiger partial charge in [0, 0.05) is 18.7 Å². The van der Waals surface area contributed by atoms with Gasteiger partial charge in [-0.05, 0) is 24.1 Å². The number of aryl methyl sites for hydroxylation is 1. The van der Waals surface area contributed by atoms with Crippen LogP contribution in [0.1, 0.15) is 16.7 Å². The molecule has 0 aliphatic carbocycles. The lowest BCUT2D eigenvalue weighted by Gasteiger charge is -2.12. The van der Waals surface area contributed by atoms with E-state index in [2.05, 4.69) is 35.8 Å². The summed E-state index contributed by atoms with van der Waals surface area (Å²) in [5, 5.41) is 6.27. The van der Waals surface area contributed by atoms with Crippen molar-refractivity contribution in [2.75, 3.05) is 5.32 Å². The van der Waals surface area contributed by atoms with Gasteiger partial charge in [-0.25, -0.2) is 0 Å². The Bertz CT molecular complexity index is 611. The Kier molecular flexibility index (Phi) is 3.42. The SMILES string of the molecule is Cc1cccc(CNC(=O)C2Cc3ccccc3N2)c1. The number of carbonyl (C=O) groups is 1. The predicted octanol–water partition coefficient (Wildman–Crippen LogP) is 2.65. The molecule has 1 amide bonds. The summed E-state index contributed by atoms with van der Waals surface area (Å²) in [5.41, 5.74) is 4.63. The topological polar surface area (TPSA) is 41.1 Å². The van der Waals surface area contributed by atoms with Gasteiger partial charge < -0.3 is 10.6 Å². The Morgan fingerprint density at radius 1 is 1.25 bits per heavy atom. The van der Waals surface area contributed by atoms with Crippen molar-refractivity contribution < 1.29 is 4.79 Å². The van der Waals surface area contributed by atoms with Gasteiger partial charge in [-0.3, -0.25) is 4.79 Å². The maximum atomic E-state index is 12.2. The van der Waals surface area contributed by atoms with Gasteiger partial charge in [0.05, 0.1) is 0 Å². The van der Waals surface area contributed by atoms with Gasteiger partial charge in [-0.2, -0.15) is 0 Å². The van der Waals surface area contributed by atoms with Gasteiger partial charge in [0.25, 0.3) is 0 Å². The quantitative estimate of drug-likeness (QED) is 0.896. The van der Waals surface area contributed by atoms with Crippen molar-refractivity contribution in [1.82, 2.24) is 5.32 Å². The molecule has 1 unspecified atom stereocenters. The van der Waals surface area contributed by atoms with E-state index in [1.807, 2.05) is 30.3 Å². The third-order valence-electron chi connectivity index (χ3n) is 3.64. The predicted molar refractivity (Wildman–Crippen MR) is 80.6 cm³/mol. The highest BCUT2D eigenvalue weighted by Crippen LogP contribution is 2.25. The molecule has 0 saturated carbocycles. The molecule has 1 heterocycles. The highest BCUT2D eigenvalue weighted by Gasteiger charge is 2.25. The van der Waals surface area contributed by atoms with Crippen molar-refractivity contribution in [3.63, 3.8) is 0 Å². The molecular formula is C17H18N2O. The standard InChI is InChI=1S/C17H18N2O/c1-12-5-4-6-13(9-12)11-18-17(20)16-10-14-7-2-3-8-15(14)19-16/h2-9,16,19H,10-11H2,1H3,(H,18,20). The van der Waals surface area contributed by atoms with Crippen LogP contribution in [0.2, 0.25) is 0 Å². The second-order valence-electron chi connectivity index (χ2n) is 5.27. The van der Waals surface area contributed by atoms with E-state index in [9.17, 15) is 4.79 Å². The maximum absolute atomic E-state index is 12.2. The number of carbonyl (C=O) groups excluding carboxylic acids is 1. The van der Waals surface area contributed by atoms with Crippen molar-refractivity contribution in [3.05, 3.63) is 65.2 Å². The zero-order chi connectivity index (χ0) is 13.9. The van der Waals surface area contributed by atoms with Gasteiger partial charge in [-0.15, -0.1) is 0 Å². The summed E-state index contributed by atoms with van der Waals surface area (Å²) in [7, 11) is 0. The van der Waals surface area contributed by atoms with Crippen molar-refractivity contribution in [2.45, 2.75) is 25.9 Å². The van der Waals surface area contributed by atoms with Crippen molar-refractivity contribution in [2.24, 2.45) is 0 Å². The number of hydrogen-bond acceptors (Lipinski definition) is 2. The summed E-state index contributed by atoms with van der Waals surface area (Å²) in [6.45, 7) is 2.63. The smallest absolute Gasteiger partial charge is 0.243 e. The summed E-state index contributed by atoms with van der Waals surface area (Å²) in [6.07, 6.45) is 0.760. The second kappa shape index (κ2) is 5.37. The lowest BCUT2D eigenvalue weighted by Crippen LogP contribution is -2.38. The molecule has 0 radical (unpaired) electrons. The highest BCUT2D eigenvalue weighted by atomic mass is 16.2. The minimum Gasteiger partial charge on any atom is -0.373 e. The first-order chi connectivity index (χ1) is 9.72. The summed E-state index contributed by atoms with van der Waals surface area (Å²) < 4.78 is 0. The fourth-order valence-electron chi connectivity index (χ4n) is 2.59. The van der Waals surface area contributed by atoms with Crippen LogP contribution < -0.4 is 10.6 Å². The Morgan fingerprint density at radius 3 is 2.90 bits per heavy atom. The Morgan fingerprint density at radius 2 is 2.10 bits per heavy atom. The molecule has 2 N–H and O–H groups in total. The van der Waals surface area contributed by atoms with Gasteiger partial charge in [0.15, 0.2) is 0 Å². The van der Waals surface area contributed by atoms with E-state index in [1.54, 1.807) is 0 Å². The summed E-state index contributed by atoms with van der Waals surface area (Å²) in [5.74, 6) is 0.0581. The van der Waals surface area contributed by atoms with Crippen molar-refractivity contribution >= 4 is 11.6 Å². The number of benzene rings is 2. The first-order valence-corrected chi connectivity index (χ1v) is 6.90. The zero-order valence-corrected chi connectivity index (χ0v) is 11.5. The molecule has 102 valence electrons. The molecule has 0 aromatic heterocycles. The molecule has 2 aromatic carbocycles. The molecule has 1 aliphatic rings. The fraction of sp³-hybridized carbons (Fsp3) is 0.235. The van der Waals surface area contributed by atoms with E-state index < -0.39 is 0 Å². The van der Waals surface area contributed by atoms with Crippen LogP contribution in [0.4, 0.5) is 5.69 Å². The molecule has 20 heavy (non-hydrogen) atoms. The molecule has 0 spiro atoms. The monoisotopic (exact) mass is 266 g/mol. The van der Waals surface area contributed by atoms with Crippen LogP contribution in [-0.2, 0) is 17.8 Å². The third-order valence-corrected chi connectivity index (χ3v) is 3.64. The lowest BCUT2D eigenvalue weighted by molar-refractivity contribution is -0.121. The largest absolute Gasteiger partial charge is 0.373 e. The second-order valence-corrected chi connectivity index (χ2v) is 5.27. The Hall–Kier alpha value is -2.29. The normalized spacial score (nSPS) is 16.4. The van der Waals surface area contributed by atoms with Crippen molar-refractivity contribution in [3.8, 4) is 0 Å². The number of anilines is 1. The number of fused-ring (bicyclic) bond motifs is 1. The summed E-state index contributed by atoms with van der Waals surface area (Å²) >= 11 is 0. The molecular weight excluding hydrogens is 248 g/mol. The maximum Gasteiger partial charge on any atom is 0.243 e. The van der Waals surface area contributed by atoms with E-state index in [1.165, 1.54) is 11.1 Å². The van der Waals surface area contributed by atoms with Gasteiger partial charge in [-0.1, -0.05) is 48.0 Å². The van der Waals surface area contributed by atoms with E-state index in [-0.39, 0.29) is 11.9 Å². The first-order valence-electron chi connectivity index (χ1n) is 6.90. The van der Waals surface area contributed by atoms with Crippen LogP contribution >= 0.6 is 0 Å². The van der Waals surface area contributed by atoms with Crippen molar-refractivity contribution in [1.29, 1.82) is 0 Å². The number of para-hydroxylation sites is 1. The number of rotatable bonds is 3. The number of hydrogen-bond donors (Lipinski definition) is 2. The molecule has 3 rings (SSSR count). The number of amides is 1. The fourth-order valence-corrected chi connectivity index (χ4v) is 2.59. The third kappa shape index (κ3) is 2.67. The molecule has 0 bridgehead atoms. The number of nitrogens with one attached hydrogen (secondary N) is 2. The van der Waals surface area contributed by atoms with Crippen LogP contribution in [0.3, 0.4) is 0 Å². The molecule has 1 aliphatic heterocycles. The molecule has 2 aromatic rings. The molecule has 0 saturated heterocycles. The average molecular weight is 266 g/mol. The highest BCUT2D eigenvalue weighted by molar-refractivity contribution is 5.87. The zero-order valence-electron chi connectivity index (χ0n) is 11.5. The molecule has 0 fully saturated rings. The summed E-state index contributed by atoms with van der Waals surface area (Å²) in [4.78, 5) is 12.2. The van der Waals surface area contributed by atoms with Gasteiger partial charge in [0.1, 0.15) is 6.04 Å². The van der Waals surface area contributed by atoms with E-state index in [0.717, 1.165) is 17.7 Å². The van der Waals surface area contributed by atoms with E-state index in [4.69, 9.17) is 0 Å². The first kappa shape index (κ1) is 12.7. The lowest BCUT2D eigenvalue weighted by atomic mass is 10.1. The summed E-state index contributed by atoms with van der Waals surface area (Å²) in [6, 6.07) is 16.1. The Balaban J connectivity index is 1.59. The molecule has 3 heteroatoms. The minimum absolute atomic E-state index is 0.0581. The molecule has 1 atom stereocenters. The Labute approximate surface area is 119 Å². The minimum atomic E-state index is -0.155. The van der Waals surface area contributed by atoms with Gasteiger partial charge >= 0.3 is 0 Å². The van der Waals surface area contributed by atoms with Crippen LogP contribution in [0.15, 0.2) is 48.5 Å². The van der Waals surface area contributed by atoms with E-state index >= 15 is 0 Å². The molecule has 3 nitrogen and oxygen atoms in total.